The van der Waals surface area contributed by atoms with Gasteiger partial charge in [-0.3, -0.25) is 4.90 Å². The summed E-state index contributed by atoms with van der Waals surface area (Å²) in [7, 11) is 0. The number of hydrogen-bond acceptors (Lipinski definition) is 2. The van der Waals surface area contributed by atoms with E-state index in [1.807, 2.05) is 0 Å². The first-order valence-electron chi connectivity index (χ1n) is 6.55. The molecular weight excluding hydrogens is 184 g/mol. The molecule has 0 aliphatic rings. The van der Waals surface area contributed by atoms with Crippen molar-refractivity contribution in [3.8, 4) is 0 Å². The van der Waals surface area contributed by atoms with E-state index in [-0.39, 0.29) is 0 Å². The van der Waals surface area contributed by atoms with Crippen LogP contribution in [0.2, 0.25) is 0 Å². The summed E-state index contributed by atoms with van der Waals surface area (Å²) in [4.78, 5) is 2.58. The number of rotatable bonds is 8. The van der Waals surface area contributed by atoms with Crippen LogP contribution in [0.25, 0.3) is 0 Å². The lowest BCUT2D eigenvalue weighted by Crippen LogP contribution is -2.46. The SMILES string of the molecule is CCC(C)NCC(C)N(CC)C(C)CC. The summed E-state index contributed by atoms with van der Waals surface area (Å²) in [5.74, 6) is 0. The monoisotopic (exact) mass is 214 g/mol. The molecule has 0 aromatic heterocycles. The van der Waals surface area contributed by atoms with E-state index >= 15 is 0 Å². The molecule has 0 fully saturated rings. The predicted octanol–water partition coefficient (Wildman–Crippen LogP) is 2.88. The van der Waals surface area contributed by atoms with Crippen molar-refractivity contribution in [2.75, 3.05) is 13.1 Å². The summed E-state index contributed by atoms with van der Waals surface area (Å²) < 4.78 is 0. The second-order valence-corrected chi connectivity index (χ2v) is 4.65. The molecule has 3 atom stereocenters. The van der Waals surface area contributed by atoms with Crippen molar-refractivity contribution in [2.24, 2.45) is 0 Å². The Balaban J connectivity index is 3.98. The van der Waals surface area contributed by atoms with Gasteiger partial charge < -0.3 is 5.32 Å². The summed E-state index contributed by atoms with van der Waals surface area (Å²) in [6, 6.07) is 1.98. The average Bonchev–Trinajstić information content (AvgIpc) is 2.26. The second-order valence-electron chi connectivity index (χ2n) is 4.65. The van der Waals surface area contributed by atoms with Crippen LogP contribution in [0.15, 0.2) is 0 Å². The molecule has 1 N–H and O–H groups in total. The summed E-state index contributed by atoms with van der Waals surface area (Å²) in [6.07, 6.45) is 2.45. The molecule has 0 radical (unpaired) electrons. The Labute approximate surface area is 96.4 Å². The summed E-state index contributed by atoms with van der Waals surface area (Å²) in [5, 5.41) is 3.58. The molecule has 0 spiro atoms. The van der Waals surface area contributed by atoms with Crippen LogP contribution in [0.3, 0.4) is 0 Å². The lowest BCUT2D eigenvalue weighted by atomic mass is 10.1. The maximum atomic E-state index is 3.58. The van der Waals surface area contributed by atoms with E-state index in [0.29, 0.717) is 18.1 Å². The first kappa shape index (κ1) is 14.9. The van der Waals surface area contributed by atoms with Gasteiger partial charge in [0.15, 0.2) is 0 Å². The van der Waals surface area contributed by atoms with Gasteiger partial charge in [0.05, 0.1) is 0 Å². The van der Waals surface area contributed by atoms with E-state index in [1.54, 1.807) is 0 Å². The van der Waals surface area contributed by atoms with E-state index in [1.165, 1.54) is 12.8 Å². The molecule has 0 aromatic carbocycles. The largest absolute Gasteiger partial charge is 0.313 e. The van der Waals surface area contributed by atoms with Gasteiger partial charge in [-0.05, 0) is 40.2 Å². The zero-order chi connectivity index (χ0) is 11.8. The van der Waals surface area contributed by atoms with Crippen molar-refractivity contribution in [3.05, 3.63) is 0 Å². The molecule has 0 aliphatic carbocycles. The summed E-state index contributed by atoms with van der Waals surface area (Å²) in [6.45, 7) is 15.9. The van der Waals surface area contributed by atoms with Gasteiger partial charge in [-0.15, -0.1) is 0 Å². The molecular formula is C13H30N2. The zero-order valence-electron chi connectivity index (χ0n) is 11.5. The van der Waals surface area contributed by atoms with Gasteiger partial charge in [-0.2, -0.15) is 0 Å². The second kappa shape index (κ2) is 8.12. The van der Waals surface area contributed by atoms with E-state index in [9.17, 15) is 0 Å². The molecule has 2 heteroatoms. The van der Waals surface area contributed by atoms with Crippen LogP contribution in [0.1, 0.15) is 54.4 Å². The molecule has 92 valence electrons. The number of likely N-dealkylation sites (N-methyl/N-ethyl adjacent to an activating group) is 1. The van der Waals surface area contributed by atoms with Crippen molar-refractivity contribution in [1.29, 1.82) is 0 Å². The van der Waals surface area contributed by atoms with Crippen molar-refractivity contribution in [2.45, 2.75) is 72.5 Å². The highest BCUT2D eigenvalue weighted by molar-refractivity contribution is 4.74. The van der Waals surface area contributed by atoms with Crippen molar-refractivity contribution in [3.63, 3.8) is 0 Å². The number of hydrogen-bond donors (Lipinski definition) is 1. The standard InChI is InChI=1S/C13H30N2/c1-7-11(4)14-10-13(6)15(9-3)12(5)8-2/h11-14H,7-10H2,1-6H3. The van der Waals surface area contributed by atoms with Gasteiger partial charge in [0, 0.05) is 24.7 Å². The van der Waals surface area contributed by atoms with Crippen LogP contribution in [-0.2, 0) is 0 Å². The zero-order valence-corrected chi connectivity index (χ0v) is 11.5. The van der Waals surface area contributed by atoms with Crippen LogP contribution in [0.4, 0.5) is 0 Å². The molecule has 3 unspecified atom stereocenters. The fraction of sp³-hybridized carbons (Fsp3) is 1.00. The highest BCUT2D eigenvalue weighted by atomic mass is 15.2. The number of nitrogens with one attached hydrogen (secondary N) is 1. The third kappa shape index (κ3) is 5.53. The Kier molecular flexibility index (Phi) is 8.07. The minimum Gasteiger partial charge on any atom is -0.313 e. The third-order valence-corrected chi connectivity index (χ3v) is 3.46. The lowest BCUT2D eigenvalue weighted by Gasteiger charge is -2.34. The highest BCUT2D eigenvalue weighted by Crippen LogP contribution is 2.08. The lowest BCUT2D eigenvalue weighted by molar-refractivity contribution is 0.153. The highest BCUT2D eigenvalue weighted by Gasteiger charge is 2.16. The van der Waals surface area contributed by atoms with E-state index < -0.39 is 0 Å². The molecule has 0 saturated heterocycles. The van der Waals surface area contributed by atoms with E-state index in [2.05, 4.69) is 51.8 Å². The Hall–Kier alpha value is -0.0800. The smallest absolute Gasteiger partial charge is 0.0195 e. The maximum Gasteiger partial charge on any atom is 0.0195 e. The molecule has 0 bridgehead atoms. The van der Waals surface area contributed by atoms with Crippen molar-refractivity contribution >= 4 is 0 Å². The molecule has 0 aliphatic heterocycles. The average molecular weight is 214 g/mol. The maximum absolute atomic E-state index is 3.58. The quantitative estimate of drug-likeness (QED) is 0.668. The minimum absolute atomic E-state index is 0.638. The molecule has 0 heterocycles. The van der Waals surface area contributed by atoms with Gasteiger partial charge in [0.1, 0.15) is 0 Å². The molecule has 0 amide bonds. The Morgan fingerprint density at radius 3 is 1.93 bits per heavy atom. The van der Waals surface area contributed by atoms with Gasteiger partial charge in [0.2, 0.25) is 0 Å². The predicted molar refractivity (Wildman–Crippen MR) is 69.4 cm³/mol. The Morgan fingerprint density at radius 2 is 1.53 bits per heavy atom. The molecule has 0 saturated carbocycles. The van der Waals surface area contributed by atoms with E-state index in [0.717, 1.165) is 13.1 Å². The third-order valence-electron chi connectivity index (χ3n) is 3.46. The summed E-state index contributed by atoms with van der Waals surface area (Å²) >= 11 is 0. The van der Waals surface area contributed by atoms with Crippen LogP contribution < -0.4 is 5.32 Å². The normalized spacial score (nSPS) is 17.8. The first-order chi connectivity index (χ1) is 7.06. The van der Waals surface area contributed by atoms with Crippen LogP contribution >= 0.6 is 0 Å². The van der Waals surface area contributed by atoms with Gasteiger partial charge in [-0.25, -0.2) is 0 Å². The topological polar surface area (TPSA) is 15.3 Å². The van der Waals surface area contributed by atoms with Gasteiger partial charge in [0.25, 0.3) is 0 Å². The van der Waals surface area contributed by atoms with E-state index in [4.69, 9.17) is 0 Å². The summed E-state index contributed by atoms with van der Waals surface area (Å²) in [5.41, 5.74) is 0. The fourth-order valence-electron chi connectivity index (χ4n) is 1.93. The van der Waals surface area contributed by atoms with Gasteiger partial charge >= 0.3 is 0 Å². The Bertz CT molecular complexity index is 147. The van der Waals surface area contributed by atoms with Gasteiger partial charge in [-0.1, -0.05) is 20.8 Å². The molecule has 0 rings (SSSR count). The minimum atomic E-state index is 0.638. The molecule has 15 heavy (non-hydrogen) atoms. The van der Waals surface area contributed by atoms with Crippen LogP contribution in [0.5, 0.6) is 0 Å². The molecule has 2 nitrogen and oxygen atoms in total. The Morgan fingerprint density at radius 1 is 0.933 bits per heavy atom. The van der Waals surface area contributed by atoms with Crippen LogP contribution in [-0.4, -0.2) is 36.1 Å². The van der Waals surface area contributed by atoms with Crippen molar-refractivity contribution in [1.82, 2.24) is 10.2 Å². The fourth-order valence-corrected chi connectivity index (χ4v) is 1.93. The van der Waals surface area contributed by atoms with Crippen molar-refractivity contribution < 1.29 is 0 Å². The molecule has 0 aromatic rings. The van der Waals surface area contributed by atoms with Crippen LogP contribution in [0, 0.1) is 0 Å². The number of nitrogens with zero attached hydrogens (tertiary/aromatic N) is 1. The first-order valence-corrected chi connectivity index (χ1v) is 6.55.